The summed E-state index contributed by atoms with van der Waals surface area (Å²) in [7, 11) is 0. The Morgan fingerprint density at radius 3 is 2.48 bits per heavy atom. The summed E-state index contributed by atoms with van der Waals surface area (Å²) in [6.45, 7) is 9.32. The number of nitrogens with zero attached hydrogens (tertiary/aromatic N) is 1. The summed E-state index contributed by atoms with van der Waals surface area (Å²) in [6.07, 6.45) is 6.27. The molecule has 0 bridgehead atoms. The number of nitrogens with one attached hydrogen (secondary N) is 1. The highest BCUT2D eigenvalue weighted by Crippen LogP contribution is 2.21. The van der Waals surface area contributed by atoms with Gasteiger partial charge in [-0.05, 0) is 31.2 Å². The molecule has 1 aliphatic heterocycles. The molecule has 118 valence electrons. The second-order valence-corrected chi connectivity index (χ2v) is 6.40. The van der Waals surface area contributed by atoms with Crippen LogP contribution in [0.1, 0.15) is 52.0 Å². The lowest BCUT2D eigenvalue weighted by atomic mass is 9.96. The molecular formula is C19H32N2. The number of rotatable bonds is 7. The lowest BCUT2D eigenvalue weighted by Crippen LogP contribution is -2.59. The third-order valence-corrected chi connectivity index (χ3v) is 4.91. The summed E-state index contributed by atoms with van der Waals surface area (Å²) in [4.78, 5) is 2.80. The highest BCUT2D eigenvalue weighted by atomic mass is 15.3. The predicted octanol–water partition coefficient (Wildman–Crippen LogP) is 3.86. The Kier molecular flexibility index (Phi) is 6.72. The van der Waals surface area contributed by atoms with E-state index in [1.807, 2.05) is 0 Å². The Morgan fingerprint density at radius 1 is 1.14 bits per heavy atom. The third kappa shape index (κ3) is 4.55. The van der Waals surface area contributed by atoms with Crippen molar-refractivity contribution in [1.82, 2.24) is 10.2 Å². The van der Waals surface area contributed by atoms with Crippen molar-refractivity contribution in [3.8, 4) is 0 Å². The van der Waals surface area contributed by atoms with Crippen molar-refractivity contribution in [3.63, 3.8) is 0 Å². The first-order valence-electron chi connectivity index (χ1n) is 8.81. The first-order valence-corrected chi connectivity index (χ1v) is 8.81. The summed E-state index contributed by atoms with van der Waals surface area (Å²) >= 11 is 0. The van der Waals surface area contributed by atoms with Crippen molar-refractivity contribution in [2.24, 2.45) is 0 Å². The molecule has 1 N–H and O–H groups in total. The Hall–Kier alpha value is -0.860. The van der Waals surface area contributed by atoms with Crippen molar-refractivity contribution >= 4 is 0 Å². The molecule has 1 fully saturated rings. The molecule has 0 radical (unpaired) electrons. The van der Waals surface area contributed by atoms with Gasteiger partial charge in [-0.25, -0.2) is 0 Å². The van der Waals surface area contributed by atoms with E-state index in [1.54, 1.807) is 0 Å². The molecule has 21 heavy (non-hydrogen) atoms. The van der Waals surface area contributed by atoms with Gasteiger partial charge in [-0.2, -0.15) is 0 Å². The van der Waals surface area contributed by atoms with Gasteiger partial charge in [0.2, 0.25) is 0 Å². The van der Waals surface area contributed by atoms with Crippen LogP contribution in [0.15, 0.2) is 30.3 Å². The van der Waals surface area contributed by atoms with E-state index < -0.39 is 0 Å². The minimum absolute atomic E-state index is 0.644. The smallest absolute Gasteiger partial charge is 0.0264 e. The van der Waals surface area contributed by atoms with Crippen LogP contribution in [0.3, 0.4) is 0 Å². The minimum Gasteiger partial charge on any atom is -0.311 e. The minimum atomic E-state index is 0.644. The maximum absolute atomic E-state index is 3.78. The Bertz CT molecular complexity index is 386. The first kappa shape index (κ1) is 16.5. The Balaban J connectivity index is 2.06. The van der Waals surface area contributed by atoms with E-state index in [0.717, 1.165) is 12.6 Å². The van der Waals surface area contributed by atoms with Crippen molar-refractivity contribution in [1.29, 1.82) is 0 Å². The van der Waals surface area contributed by atoms with Crippen LogP contribution in [0.5, 0.6) is 0 Å². The van der Waals surface area contributed by atoms with Gasteiger partial charge in [0, 0.05) is 31.2 Å². The molecule has 1 aliphatic rings. The topological polar surface area (TPSA) is 15.3 Å². The molecule has 1 aromatic carbocycles. The van der Waals surface area contributed by atoms with Crippen molar-refractivity contribution < 1.29 is 0 Å². The van der Waals surface area contributed by atoms with E-state index in [-0.39, 0.29) is 0 Å². The molecule has 0 saturated carbocycles. The lowest BCUT2D eigenvalue weighted by Gasteiger charge is -2.44. The summed E-state index contributed by atoms with van der Waals surface area (Å²) in [6, 6.07) is 13.0. The van der Waals surface area contributed by atoms with Crippen molar-refractivity contribution in [2.45, 2.75) is 71.0 Å². The quantitative estimate of drug-likeness (QED) is 0.819. The van der Waals surface area contributed by atoms with Crippen molar-refractivity contribution in [2.75, 3.05) is 13.1 Å². The molecule has 1 aromatic rings. The van der Waals surface area contributed by atoms with Gasteiger partial charge in [-0.1, -0.05) is 57.5 Å². The number of hydrogen-bond donors (Lipinski definition) is 1. The highest BCUT2D eigenvalue weighted by molar-refractivity contribution is 5.16. The summed E-state index contributed by atoms with van der Waals surface area (Å²) in [5, 5.41) is 3.78. The van der Waals surface area contributed by atoms with Crippen LogP contribution in [0.2, 0.25) is 0 Å². The van der Waals surface area contributed by atoms with Crippen LogP contribution >= 0.6 is 0 Å². The van der Waals surface area contributed by atoms with Gasteiger partial charge >= 0.3 is 0 Å². The normalized spacial score (nSPS) is 23.6. The summed E-state index contributed by atoms with van der Waals surface area (Å²) < 4.78 is 0. The zero-order valence-electron chi connectivity index (χ0n) is 14.0. The fraction of sp³-hybridized carbons (Fsp3) is 0.684. The molecule has 0 amide bonds. The maximum Gasteiger partial charge on any atom is 0.0264 e. The fourth-order valence-corrected chi connectivity index (χ4v) is 3.71. The highest BCUT2D eigenvalue weighted by Gasteiger charge is 2.31. The van der Waals surface area contributed by atoms with Gasteiger partial charge in [-0.15, -0.1) is 0 Å². The molecule has 2 atom stereocenters. The number of benzene rings is 1. The van der Waals surface area contributed by atoms with Gasteiger partial charge in [0.1, 0.15) is 0 Å². The monoisotopic (exact) mass is 288 g/mol. The first-order chi connectivity index (χ1) is 10.3. The van der Waals surface area contributed by atoms with E-state index in [2.05, 4.69) is 61.3 Å². The third-order valence-electron chi connectivity index (χ3n) is 4.91. The van der Waals surface area contributed by atoms with E-state index >= 15 is 0 Å². The number of piperazine rings is 1. The van der Waals surface area contributed by atoms with Crippen LogP contribution in [0.4, 0.5) is 0 Å². The second kappa shape index (κ2) is 8.55. The molecule has 1 saturated heterocycles. The number of hydrogen-bond acceptors (Lipinski definition) is 2. The molecule has 0 spiro atoms. The van der Waals surface area contributed by atoms with E-state index in [0.29, 0.717) is 12.1 Å². The standard InChI is InChI=1S/C19H32N2/c1-4-10-17-15-21(18(5-2)6-3)19(14-20-17)13-16-11-8-7-9-12-16/h7-9,11-12,17-20H,4-6,10,13-15H2,1-3H3. The molecule has 0 aliphatic carbocycles. The van der Waals surface area contributed by atoms with Crippen molar-refractivity contribution in [3.05, 3.63) is 35.9 Å². The van der Waals surface area contributed by atoms with Crippen LogP contribution < -0.4 is 5.32 Å². The zero-order chi connectivity index (χ0) is 15.1. The van der Waals surface area contributed by atoms with Crippen LogP contribution in [0, 0.1) is 0 Å². The fourth-order valence-electron chi connectivity index (χ4n) is 3.71. The molecule has 2 unspecified atom stereocenters. The van der Waals surface area contributed by atoms with Gasteiger partial charge in [0.25, 0.3) is 0 Å². The van der Waals surface area contributed by atoms with Gasteiger partial charge in [0.15, 0.2) is 0 Å². The van der Waals surface area contributed by atoms with Crippen LogP contribution in [-0.4, -0.2) is 36.1 Å². The van der Waals surface area contributed by atoms with Gasteiger partial charge in [-0.3, -0.25) is 4.90 Å². The SMILES string of the molecule is CCCC1CN(C(CC)CC)C(Cc2ccccc2)CN1. The Morgan fingerprint density at radius 2 is 1.86 bits per heavy atom. The molecule has 2 nitrogen and oxygen atoms in total. The van der Waals surface area contributed by atoms with Crippen LogP contribution in [-0.2, 0) is 6.42 Å². The molecule has 0 aromatic heterocycles. The largest absolute Gasteiger partial charge is 0.311 e. The maximum atomic E-state index is 3.78. The molecule has 2 rings (SSSR count). The van der Waals surface area contributed by atoms with Crippen LogP contribution in [0.25, 0.3) is 0 Å². The second-order valence-electron chi connectivity index (χ2n) is 6.40. The van der Waals surface area contributed by atoms with E-state index in [9.17, 15) is 0 Å². The van der Waals surface area contributed by atoms with E-state index in [1.165, 1.54) is 44.2 Å². The average Bonchev–Trinajstić information content (AvgIpc) is 2.52. The molecular weight excluding hydrogens is 256 g/mol. The predicted molar refractivity (Wildman–Crippen MR) is 91.7 cm³/mol. The van der Waals surface area contributed by atoms with E-state index in [4.69, 9.17) is 0 Å². The summed E-state index contributed by atoms with van der Waals surface area (Å²) in [5.74, 6) is 0. The molecule has 1 heterocycles. The zero-order valence-corrected chi connectivity index (χ0v) is 14.0. The molecule has 2 heteroatoms. The average molecular weight is 288 g/mol. The lowest BCUT2D eigenvalue weighted by molar-refractivity contribution is 0.0740. The van der Waals surface area contributed by atoms with Gasteiger partial charge in [0.05, 0.1) is 0 Å². The Labute approximate surface area is 130 Å². The van der Waals surface area contributed by atoms with Gasteiger partial charge < -0.3 is 5.32 Å². The summed E-state index contributed by atoms with van der Waals surface area (Å²) in [5.41, 5.74) is 1.47.